The molecule has 2 aromatic heterocycles. The lowest BCUT2D eigenvalue weighted by Crippen LogP contribution is -2.21. The van der Waals surface area contributed by atoms with Crippen LogP contribution in [0.5, 0.6) is 0 Å². The smallest absolute Gasteiger partial charge is 0.262 e. The first-order valence-corrected chi connectivity index (χ1v) is 8.35. The maximum atomic E-state index is 12.9. The van der Waals surface area contributed by atoms with Crippen LogP contribution in [0.25, 0.3) is 15.8 Å². The number of hydrogen-bond donors (Lipinski definition) is 0. The summed E-state index contributed by atoms with van der Waals surface area (Å²) in [5.74, 6) is 0.926. The number of ketones is 1. The van der Waals surface area contributed by atoms with Crippen LogP contribution >= 0.6 is 11.3 Å². The standard InChI is InChI=1S/C16H17N3O2S/c1-18(2)8-9-6-7-19-14(9)17-15-12(16(19)21)10-4-3-5-11(20)13(10)22-15/h8H,3-7H2,1-2H3/b9-8+. The molecule has 0 amide bonds. The molecule has 114 valence electrons. The van der Waals surface area contributed by atoms with Gasteiger partial charge in [-0.05, 0) is 24.8 Å². The molecule has 6 heteroatoms. The summed E-state index contributed by atoms with van der Waals surface area (Å²) in [6.07, 6.45) is 5.10. The van der Waals surface area contributed by atoms with Gasteiger partial charge in [0.25, 0.3) is 5.56 Å². The Morgan fingerprint density at radius 2 is 2.05 bits per heavy atom. The van der Waals surface area contributed by atoms with Crippen molar-refractivity contribution in [3.63, 3.8) is 0 Å². The minimum Gasteiger partial charge on any atom is -0.383 e. The maximum Gasteiger partial charge on any atom is 0.262 e. The van der Waals surface area contributed by atoms with E-state index >= 15 is 0 Å². The Bertz CT molecular complexity index is 889. The van der Waals surface area contributed by atoms with Crippen LogP contribution < -0.4 is 5.56 Å². The Hall–Kier alpha value is -1.95. The molecule has 3 heterocycles. The van der Waals surface area contributed by atoms with Crippen LogP contribution in [0.4, 0.5) is 0 Å². The summed E-state index contributed by atoms with van der Waals surface area (Å²) in [5.41, 5.74) is 2.05. The average molecular weight is 315 g/mol. The van der Waals surface area contributed by atoms with Crippen molar-refractivity contribution in [2.24, 2.45) is 0 Å². The van der Waals surface area contributed by atoms with Gasteiger partial charge >= 0.3 is 0 Å². The number of carbonyl (C=O) groups excluding carboxylic acids is 1. The van der Waals surface area contributed by atoms with Gasteiger partial charge in [0.15, 0.2) is 5.78 Å². The predicted octanol–water partition coefficient (Wildman–Crippen LogP) is 2.28. The topological polar surface area (TPSA) is 55.2 Å². The zero-order valence-electron chi connectivity index (χ0n) is 12.7. The second-order valence-electron chi connectivity index (χ2n) is 6.13. The van der Waals surface area contributed by atoms with E-state index in [-0.39, 0.29) is 11.3 Å². The highest BCUT2D eigenvalue weighted by atomic mass is 32.1. The van der Waals surface area contributed by atoms with Crippen LogP contribution in [0.2, 0.25) is 0 Å². The third kappa shape index (κ3) is 1.86. The monoisotopic (exact) mass is 315 g/mol. The molecule has 0 radical (unpaired) electrons. The third-order valence-corrected chi connectivity index (χ3v) is 5.47. The van der Waals surface area contributed by atoms with Crippen LogP contribution in [0.3, 0.4) is 0 Å². The lowest BCUT2D eigenvalue weighted by Gasteiger charge is -2.09. The zero-order valence-corrected chi connectivity index (χ0v) is 13.5. The van der Waals surface area contributed by atoms with Crippen LogP contribution in [0.15, 0.2) is 11.0 Å². The highest BCUT2D eigenvalue weighted by Crippen LogP contribution is 2.35. The quantitative estimate of drug-likeness (QED) is 0.810. The van der Waals surface area contributed by atoms with Crippen molar-refractivity contribution >= 4 is 32.9 Å². The van der Waals surface area contributed by atoms with Crippen LogP contribution in [0.1, 0.15) is 40.3 Å². The molecular formula is C16H17N3O2S. The molecule has 0 bridgehead atoms. The van der Waals surface area contributed by atoms with Gasteiger partial charge in [-0.2, -0.15) is 0 Å². The molecular weight excluding hydrogens is 298 g/mol. The number of nitrogens with zero attached hydrogens (tertiary/aromatic N) is 3. The normalized spacial score (nSPS) is 18.8. The highest BCUT2D eigenvalue weighted by Gasteiger charge is 2.28. The molecule has 0 spiro atoms. The average Bonchev–Trinajstić information content (AvgIpc) is 3.02. The van der Waals surface area contributed by atoms with Crippen LogP contribution in [0, 0.1) is 0 Å². The van der Waals surface area contributed by atoms with E-state index in [0.717, 1.165) is 45.9 Å². The first-order chi connectivity index (χ1) is 10.6. The van der Waals surface area contributed by atoms with Crippen molar-refractivity contribution in [1.82, 2.24) is 14.5 Å². The van der Waals surface area contributed by atoms with Crippen molar-refractivity contribution < 1.29 is 4.79 Å². The number of allylic oxidation sites excluding steroid dienone is 1. The lowest BCUT2D eigenvalue weighted by molar-refractivity contribution is 0.0977. The molecule has 2 aliphatic rings. The number of Topliss-reactive ketones (excluding diaryl/α,β-unsaturated/α-hetero) is 1. The number of fused-ring (bicyclic) bond motifs is 4. The number of carbonyl (C=O) groups is 1. The molecule has 1 aliphatic carbocycles. The number of rotatable bonds is 1. The van der Waals surface area contributed by atoms with Crippen molar-refractivity contribution in [2.45, 2.75) is 32.2 Å². The molecule has 0 saturated heterocycles. The Labute approximate surface area is 131 Å². The summed E-state index contributed by atoms with van der Waals surface area (Å²) in [7, 11) is 3.93. The summed E-state index contributed by atoms with van der Waals surface area (Å²) in [4.78, 5) is 33.1. The van der Waals surface area contributed by atoms with E-state index in [1.807, 2.05) is 25.2 Å². The van der Waals surface area contributed by atoms with E-state index in [4.69, 9.17) is 4.98 Å². The summed E-state index contributed by atoms with van der Waals surface area (Å²) in [6.45, 7) is 0.676. The molecule has 0 unspecified atom stereocenters. The Balaban J connectivity index is 2.01. The number of aryl methyl sites for hydroxylation is 1. The molecule has 2 aromatic rings. The molecule has 0 N–H and O–H groups in total. The molecule has 1 aliphatic heterocycles. The van der Waals surface area contributed by atoms with Gasteiger partial charge in [-0.1, -0.05) is 0 Å². The largest absolute Gasteiger partial charge is 0.383 e. The summed E-state index contributed by atoms with van der Waals surface area (Å²) < 4.78 is 1.77. The second kappa shape index (κ2) is 4.78. The van der Waals surface area contributed by atoms with Crippen molar-refractivity contribution in [3.05, 3.63) is 32.8 Å². The summed E-state index contributed by atoms with van der Waals surface area (Å²) >= 11 is 1.39. The molecule has 0 aromatic carbocycles. The van der Waals surface area contributed by atoms with Gasteiger partial charge in [0, 0.05) is 38.8 Å². The number of aromatic nitrogens is 2. The van der Waals surface area contributed by atoms with Gasteiger partial charge in [-0.15, -0.1) is 11.3 Å². The van der Waals surface area contributed by atoms with Gasteiger partial charge in [-0.25, -0.2) is 4.98 Å². The van der Waals surface area contributed by atoms with Gasteiger partial charge in [-0.3, -0.25) is 14.2 Å². The molecule has 0 saturated carbocycles. The van der Waals surface area contributed by atoms with Crippen LogP contribution in [-0.2, 0) is 13.0 Å². The molecule has 22 heavy (non-hydrogen) atoms. The van der Waals surface area contributed by atoms with Crippen LogP contribution in [-0.4, -0.2) is 34.3 Å². The Kier molecular flexibility index (Phi) is 2.97. The first kappa shape index (κ1) is 13.7. The first-order valence-electron chi connectivity index (χ1n) is 7.53. The third-order valence-electron chi connectivity index (χ3n) is 4.30. The fourth-order valence-electron chi connectivity index (χ4n) is 3.37. The predicted molar refractivity (Wildman–Crippen MR) is 87.4 cm³/mol. The highest BCUT2D eigenvalue weighted by molar-refractivity contribution is 7.20. The molecule has 0 fully saturated rings. The van der Waals surface area contributed by atoms with E-state index in [9.17, 15) is 9.59 Å². The second-order valence-corrected chi connectivity index (χ2v) is 7.13. The van der Waals surface area contributed by atoms with E-state index in [1.54, 1.807) is 4.57 Å². The van der Waals surface area contributed by atoms with E-state index in [0.29, 0.717) is 18.4 Å². The van der Waals surface area contributed by atoms with Gasteiger partial charge in [0.05, 0.1) is 10.3 Å². The maximum absolute atomic E-state index is 12.9. The Morgan fingerprint density at radius 1 is 1.23 bits per heavy atom. The van der Waals surface area contributed by atoms with E-state index < -0.39 is 0 Å². The zero-order chi connectivity index (χ0) is 15.4. The molecule has 5 nitrogen and oxygen atoms in total. The fraction of sp³-hybridized carbons (Fsp3) is 0.438. The van der Waals surface area contributed by atoms with Gasteiger partial charge < -0.3 is 4.90 Å². The number of hydrogen-bond acceptors (Lipinski definition) is 5. The van der Waals surface area contributed by atoms with Crippen molar-refractivity contribution in [1.29, 1.82) is 0 Å². The van der Waals surface area contributed by atoms with Gasteiger partial charge in [0.2, 0.25) is 0 Å². The minimum atomic E-state index is 0.0226. The Morgan fingerprint density at radius 3 is 2.82 bits per heavy atom. The van der Waals surface area contributed by atoms with Gasteiger partial charge in [0.1, 0.15) is 10.7 Å². The van der Waals surface area contributed by atoms with Crippen molar-refractivity contribution in [3.8, 4) is 0 Å². The van der Waals surface area contributed by atoms with E-state index in [2.05, 4.69) is 0 Å². The SMILES string of the molecule is CN(C)/C=C1\CCn2c1nc1sc3c(c1c2=O)CCCC3=O. The summed E-state index contributed by atoms with van der Waals surface area (Å²) in [5, 5.41) is 0.683. The fourth-order valence-corrected chi connectivity index (χ4v) is 4.55. The minimum absolute atomic E-state index is 0.0226. The van der Waals surface area contributed by atoms with E-state index in [1.165, 1.54) is 11.3 Å². The molecule has 0 atom stereocenters. The summed E-state index contributed by atoms with van der Waals surface area (Å²) in [6, 6.07) is 0. The van der Waals surface area contributed by atoms with Crippen molar-refractivity contribution in [2.75, 3.05) is 14.1 Å². The lowest BCUT2D eigenvalue weighted by atomic mass is 9.96. The number of thiophene rings is 1. The molecule has 4 rings (SSSR count).